The molecule has 1 atom stereocenters. The zero-order valence-electron chi connectivity index (χ0n) is 10.1. The number of carboxylic acid groups (broad SMARTS) is 1. The summed E-state index contributed by atoms with van der Waals surface area (Å²) in [6.45, 7) is 0.773. The van der Waals surface area contributed by atoms with Gasteiger partial charge in [-0.1, -0.05) is 6.07 Å². The first-order valence-corrected chi connectivity index (χ1v) is 5.81. The maximum Gasteiger partial charge on any atom is 0.306 e. The lowest BCUT2D eigenvalue weighted by atomic mass is 10.2. The molecule has 1 aromatic rings. The lowest BCUT2D eigenvalue weighted by Gasteiger charge is -2.32. The molecule has 2 heterocycles. The average Bonchev–Trinajstić information content (AvgIpc) is 2.37. The number of carbonyl (C=O) groups is 2. The van der Waals surface area contributed by atoms with E-state index in [1.807, 2.05) is 0 Å². The first-order chi connectivity index (χ1) is 9.06. The highest BCUT2D eigenvalue weighted by Gasteiger charge is 2.27. The Morgan fingerprint density at radius 3 is 3.00 bits per heavy atom. The van der Waals surface area contributed by atoms with E-state index in [9.17, 15) is 14.0 Å². The van der Waals surface area contributed by atoms with Crippen LogP contribution in [0.15, 0.2) is 18.2 Å². The van der Waals surface area contributed by atoms with Gasteiger partial charge in [0.05, 0.1) is 19.1 Å². The van der Waals surface area contributed by atoms with Crippen LogP contribution in [-0.2, 0) is 9.53 Å². The Balaban J connectivity index is 2.04. The Morgan fingerprint density at radius 1 is 1.53 bits per heavy atom. The van der Waals surface area contributed by atoms with E-state index in [2.05, 4.69) is 4.98 Å². The SMILES string of the molecule is O=C(O)CC1CN(C(=O)c2cccc(F)n2)CCO1. The van der Waals surface area contributed by atoms with Crippen molar-refractivity contribution in [2.24, 2.45) is 0 Å². The first-order valence-electron chi connectivity index (χ1n) is 5.81. The van der Waals surface area contributed by atoms with E-state index in [0.29, 0.717) is 6.54 Å². The van der Waals surface area contributed by atoms with E-state index >= 15 is 0 Å². The van der Waals surface area contributed by atoms with Crippen LogP contribution >= 0.6 is 0 Å². The van der Waals surface area contributed by atoms with Gasteiger partial charge in [0.2, 0.25) is 5.95 Å². The molecule has 0 aromatic carbocycles. The number of pyridine rings is 1. The van der Waals surface area contributed by atoms with Crippen molar-refractivity contribution >= 4 is 11.9 Å². The van der Waals surface area contributed by atoms with Gasteiger partial charge in [-0.15, -0.1) is 0 Å². The molecule has 6 nitrogen and oxygen atoms in total. The highest BCUT2D eigenvalue weighted by Crippen LogP contribution is 2.12. The molecule has 7 heteroatoms. The lowest BCUT2D eigenvalue weighted by molar-refractivity contribution is -0.141. The van der Waals surface area contributed by atoms with Gasteiger partial charge in [-0.3, -0.25) is 9.59 Å². The summed E-state index contributed by atoms with van der Waals surface area (Å²) >= 11 is 0. The van der Waals surface area contributed by atoms with Gasteiger partial charge < -0.3 is 14.7 Å². The number of aliphatic carboxylic acids is 1. The van der Waals surface area contributed by atoms with Crippen LogP contribution in [0, 0.1) is 5.95 Å². The minimum absolute atomic E-state index is 0.0102. The Kier molecular flexibility index (Phi) is 4.06. The largest absolute Gasteiger partial charge is 0.481 e. The van der Waals surface area contributed by atoms with Gasteiger partial charge in [-0.2, -0.15) is 4.39 Å². The predicted octanol–water partition coefficient (Wildman–Crippen LogP) is 0.536. The number of nitrogens with zero attached hydrogens (tertiary/aromatic N) is 2. The fraction of sp³-hybridized carbons (Fsp3) is 0.417. The highest BCUT2D eigenvalue weighted by atomic mass is 19.1. The molecular formula is C12H13FN2O4. The molecule has 0 saturated carbocycles. The monoisotopic (exact) mass is 268 g/mol. The number of aromatic nitrogens is 1. The van der Waals surface area contributed by atoms with Crippen molar-refractivity contribution in [1.29, 1.82) is 0 Å². The van der Waals surface area contributed by atoms with E-state index in [1.54, 1.807) is 0 Å². The van der Waals surface area contributed by atoms with E-state index in [0.717, 1.165) is 6.07 Å². The van der Waals surface area contributed by atoms with Gasteiger partial charge in [0.25, 0.3) is 5.91 Å². The minimum Gasteiger partial charge on any atom is -0.481 e. The Hall–Kier alpha value is -2.02. The van der Waals surface area contributed by atoms with Crippen LogP contribution in [0.4, 0.5) is 4.39 Å². The second-order valence-corrected chi connectivity index (χ2v) is 4.19. The average molecular weight is 268 g/mol. The van der Waals surface area contributed by atoms with Crippen LogP contribution in [0.5, 0.6) is 0 Å². The molecule has 0 radical (unpaired) electrons. The van der Waals surface area contributed by atoms with Crippen molar-refractivity contribution in [3.8, 4) is 0 Å². The molecule has 1 aliphatic rings. The maximum atomic E-state index is 13.0. The molecule has 19 heavy (non-hydrogen) atoms. The molecule has 1 amide bonds. The molecule has 1 aliphatic heterocycles. The molecule has 1 fully saturated rings. The molecule has 0 aliphatic carbocycles. The molecule has 1 N–H and O–H groups in total. The normalized spacial score (nSPS) is 19.2. The molecular weight excluding hydrogens is 255 g/mol. The van der Waals surface area contributed by atoms with Crippen LogP contribution in [0.2, 0.25) is 0 Å². The molecule has 0 spiro atoms. The molecule has 1 unspecified atom stereocenters. The standard InChI is InChI=1S/C12H13FN2O4/c13-10-3-1-2-9(14-10)12(18)15-4-5-19-8(7-15)6-11(16)17/h1-3,8H,4-7H2,(H,16,17). The van der Waals surface area contributed by atoms with Crippen molar-refractivity contribution in [2.45, 2.75) is 12.5 Å². The topological polar surface area (TPSA) is 79.7 Å². The van der Waals surface area contributed by atoms with Gasteiger partial charge in [0.1, 0.15) is 5.69 Å². The summed E-state index contributed by atoms with van der Waals surface area (Å²) in [6.07, 6.45) is -0.704. The van der Waals surface area contributed by atoms with Crippen LogP contribution in [0.25, 0.3) is 0 Å². The lowest BCUT2D eigenvalue weighted by Crippen LogP contribution is -2.46. The number of carbonyl (C=O) groups excluding carboxylic acids is 1. The molecule has 102 valence electrons. The zero-order valence-corrected chi connectivity index (χ0v) is 10.1. The van der Waals surface area contributed by atoms with E-state index < -0.39 is 23.9 Å². The van der Waals surface area contributed by atoms with Crippen molar-refractivity contribution in [2.75, 3.05) is 19.7 Å². The van der Waals surface area contributed by atoms with Crippen molar-refractivity contribution in [3.05, 3.63) is 29.8 Å². The fourth-order valence-corrected chi connectivity index (χ4v) is 1.91. The maximum absolute atomic E-state index is 13.0. The fourth-order valence-electron chi connectivity index (χ4n) is 1.91. The molecule has 1 aromatic heterocycles. The first kappa shape index (κ1) is 13.4. The number of ether oxygens (including phenoxy) is 1. The predicted molar refractivity (Wildman–Crippen MR) is 62.1 cm³/mol. The van der Waals surface area contributed by atoms with Crippen LogP contribution in [0.1, 0.15) is 16.9 Å². The van der Waals surface area contributed by atoms with Crippen LogP contribution in [0.3, 0.4) is 0 Å². The second-order valence-electron chi connectivity index (χ2n) is 4.19. The Labute approximate surface area is 108 Å². The van der Waals surface area contributed by atoms with E-state index in [1.165, 1.54) is 17.0 Å². The summed E-state index contributed by atoms with van der Waals surface area (Å²) in [4.78, 5) is 27.6. The van der Waals surface area contributed by atoms with E-state index in [-0.39, 0.29) is 25.3 Å². The number of halogens is 1. The molecule has 1 saturated heterocycles. The third kappa shape index (κ3) is 3.47. The third-order valence-corrected chi connectivity index (χ3v) is 2.76. The summed E-state index contributed by atoms with van der Waals surface area (Å²) in [7, 11) is 0. The van der Waals surface area contributed by atoms with Gasteiger partial charge in [0.15, 0.2) is 0 Å². The number of hydrogen-bond acceptors (Lipinski definition) is 4. The third-order valence-electron chi connectivity index (χ3n) is 2.76. The highest BCUT2D eigenvalue weighted by molar-refractivity contribution is 5.92. The summed E-state index contributed by atoms with van der Waals surface area (Å²) in [5.74, 6) is -2.12. The quantitative estimate of drug-likeness (QED) is 0.809. The second kappa shape index (κ2) is 5.75. The van der Waals surface area contributed by atoms with Crippen molar-refractivity contribution < 1.29 is 23.8 Å². The Morgan fingerprint density at radius 2 is 2.32 bits per heavy atom. The minimum atomic E-state index is -0.983. The van der Waals surface area contributed by atoms with E-state index in [4.69, 9.17) is 9.84 Å². The molecule has 0 bridgehead atoms. The summed E-state index contributed by atoms with van der Waals surface area (Å²) in [6, 6.07) is 3.99. The number of rotatable bonds is 3. The summed E-state index contributed by atoms with van der Waals surface area (Å²) < 4.78 is 18.2. The molecule has 2 rings (SSSR count). The van der Waals surface area contributed by atoms with Gasteiger partial charge >= 0.3 is 5.97 Å². The van der Waals surface area contributed by atoms with Gasteiger partial charge in [0, 0.05) is 13.1 Å². The summed E-state index contributed by atoms with van der Waals surface area (Å²) in [5, 5.41) is 8.70. The van der Waals surface area contributed by atoms with Crippen LogP contribution < -0.4 is 0 Å². The van der Waals surface area contributed by atoms with Gasteiger partial charge in [-0.05, 0) is 12.1 Å². The van der Waals surface area contributed by atoms with Crippen LogP contribution in [-0.4, -0.2) is 52.7 Å². The smallest absolute Gasteiger partial charge is 0.306 e. The number of morpholine rings is 1. The number of hydrogen-bond donors (Lipinski definition) is 1. The summed E-state index contributed by atoms with van der Waals surface area (Å²) in [5.41, 5.74) is 0.0102. The zero-order chi connectivity index (χ0) is 13.8. The van der Waals surface area contributed by atoms with Crippen molar-refractivity contribution in [3.63, 3.8) is 0 Å². The van der Waals surface area contributed by atoms with Gasteiger partial charge in [-0.25, -0.2) is 4.98 Å². The van der Waals surface area contributed by atoms with Crippen molar-refractivity contribution in [1.82, 2.24) is 9.88 Å². The number of carboxylic acids is 1. The number of amides is 1. The Bertz CT molecular complexity index is 494.